The van der Waals surface area contributed by atoms with Crippen LogP contribution in [-0.4, -0.2) is 71.5 Å². The van der Waals surface area contributed by atoms with E-state index in [1.54, 1.807) is 31.3 Å². The molecule has 4 N–H and O–H groups in total. The fraction of sp³-hybridized carbons (Fsp3) is 0.320. The van der Waals surface area contributed by atoms with Gasteiger partial charge in [0.25, 0.3) is 5.91 Å². The molecule has 0 spiro atoms. The first kappa shape index (κ1) is 23.3. The van der Waals surface area contributed by atoms with E-state index in [2.05, 4.69) is 20.5 Å². The summed E-state index contributed by atoms with van der Waals surface area (Å²) in [5.41, 5.74) is 4.13. The number of nitrogens with one attached hydrogen (secondary N) is 3. The van der Waals surface area contributed by atoms with Gasteiger partial charge in [0, 0.05) is 42.8 Å². The number of nitrogens with zero attached hydrogens (tertiary/aromatic N) is 2. The minimum Gasteiger partial charge on any atom is -0.479 e. The molecule has 1 aliphatic rings. The molecule has 1 fully saturated rings. The summed E-state index contributed by atoms with van der Waals surface area (Å²) in [7, 11) is 5.77. The molecule has 34 heavy (non-hydrogen) atoms. The van der Waals surface area contributed by atoms with E-state index in [9.17, 15) is 19.5 Å². The average Bonchev–Trinajstić information content (AvgIpc) is 3.33. The number of anilines is 1. The second-order valence-corrected chi connectivity index (χ2v) is 8.78. The van der Waals surface area contributed by atoms with Crippen molar-refractivity contribution in [3.8, 4) is 0 Å². The Morgan fingerprint density at radius 2 is 2.00 bits per heavy atom. The van der Waals surface area contributed by atoms with Crippen molar-refractivity contribution in [3.05, 3.63) is 65.4 Å². The zero-order chi connectivity index (χ0) is 24.4. The highest BCUT2D eigenvalue weighted by atomic mass is 16.4. The molecule has 0 radical (unpaired) electrons. The Morgan fingerprint density at radius 1 is 1.21 bits per heavy atom. The van der Waals surface area contributed by atoms with Gasteiger partial charge >= 0.3 is 12.0 Å². The molecule has 9 heteroatoms. The molecule has 2 atom stereocenters. The van der Waals surface area contributed by atoms with Crippen molar-refractivity contribution >= 4 is 34.5 Å². The highest BCUT2D eigenvalue weighted by Gasteiger charge is 2.45. The molecule has 0 aliphatic carbocycles. The Morgan fingerprint density at radius 3 is 2.71 bits per heavy atom. The highest BCUT2D eigenvalue weighted by molar-refractivity contribution is 6.07. The number of urea groups is 1. The molecule has 3 aromatic rings. The van der Waals surface area contributed by atoms with E-state index >= 15 is 0 Å². The van der Waals surface area contributed by atoms with Gasteiger partial charge in [-0.05, 0) is 61.5 Å². The minimum absolute atomic E-state index is 0.276. The van der Waals surface area contributed by atoms with Crippen LogP contribution in [-0.2, 0) is 22.4 Å². The van der Waals surface area contributed by atoms with Crippen molar-refractivity contribution in [3.63, 3.8) is 0 Å². The lowest BCUT2D eigenvalue weighted by Gasteiger charge is -2.22. The van der Waals surface area contributed by atoms with Gasteiger partial charge in [-0.2, -0.15) is 0 Å². The van der Waals surface area contributed by atoms with Crippen molar-refractivity contribution in [2.24, 2.45) is 0 Å². The van der Waals surface area contributed by atoms with E-state index in [0.717, 1.165) is 34.3 Å². The number of carboxylic acid groups (broad SMARTS) is 1. The molecule has 1 aromatic heterocycles. The van der Waals surface area contributed by atoms with E-state index in [1.807, 2.05) is 38.5 Å². The number of hydrogen-bond donors (Lipinski definition) is 4. The van der Waals surface area contributed by atoms with E-state index in [0.29, 0.717) is 11.3 Å². The number of carbonyl (C=O) groups excluding carboxylic acids is 2. The Balaban J connectivity index is 1.57. The molecular weight excluding hydrogens is 434 g/mol. The number of fused-ring (bicyclic) bond motifs is 1. The van der Waals surface area contributed by atoms with Crippen LogP contribution in [0.1, 0.15) is 22.7 Å². The number of carboxylic acids is 1. The van der Waals surface area contributed by atoms with Gasteiger partial charge in [-0.25, -0.2) is 14.5 Å². The number of H-pyrrole nitrogens is 1. The molecule has 1 aliphatic heterocycles. The maximum absolute atomic E-state index is 13.2. The number of hydrogen-bond acceptors (Lipinski definition) is 5. The van der Waals surface area contributed by atoms with Gasteiger partial charge in [0.05, 0.1) is 0 Å². The van der Waals surface area contributed by atoms with Gasteiger partial charge in [-0.15, -0.1) is 0 Å². The highest BCUT2D eigenvalue weighted by Crippen LogP contribution is 2.28. The lowest BCUT2D eigenvalue weighted by Crippen LogP contribution is -2.39. The molecule has 2 aromatic carbocycles. The molecule has 3 amide bonds. The van der Waals surface area contributed by atoms with Crippen LogP contribution >= 0.6 is 0 Å². The average molecular weight is 464 g/mol. The summed E-state index contributed by atoms with van der Waals surface area (Å²) in [4.78, 5) is 44.3. The third kappa shape index (κ3) is 4.60. The van der Waals surface area contributed by atoms with Crippen molar-refractivity contribution in [2.45, 2.75) is 24.9 Å². The summed E-state index contributed by atoms with van der Waals surface area (Å²) in [5.74, 6) is -1.81. The van der Waals surface area contributed by atoms with Gasteiger partial charge < -0.3 is 25.6 Å². The number of aliphatic carboxylic acids is 1. The van der Waals surface area contributed by atoms with Crippen LogP contribution < -0.4 is 10.6 Å². The number of imide groups is 1. The van der Waals surface area contributed by atoms with Crippen molar-refractivity contribution in [1.29, 1.82) is 0 Å². The van der Waals surface area contributed by atoms with E-state index in [-0.39, 0.29) is 6.42 Å². The quantitative estimate of drug-likeness (QED) is 0.363. The predicted octanol–water partition coefficient (Wildman–Crippen LogP) is 2.60. The van der Waals surface area contributed by atoms with Gasteiger partial charge in [-0.1, -0.05) is 18.2 Å². The second-order valence-electron chi connectivity index (χ2n) is 8.78. The van der Waals surface area contributed by atoms with Crippen LogP contribution in [0.25, 0.3) is 10.9 Å². The number of amides is 3. The van der Waals surface area contributed by atoms with Crippen molar-refractivity contribution in [1.82, 2.24) is 20.1 Å². The summed E-state index contributed by atoms with van der Waals surface area (Å²) in [6, 6.07) is 9.67. The van der Waals surface area contributed by atoms with Gasteiger partial charge in [0.1, 0.15) is 6.04 Å². The van der Waals surface area contributed by atoms with E-state index < -0.39 is 30.0 Å². The summed E-state index contributed by atoms with van der Waals surface area (Å²) in [5, 5.41) is 16.6. The van der Waals surface area contributed by atoms with Crippen molar-refractivity contribution < 1.29 is 19.5 Å². The standard InChI is InChI=1S/C25H29N5O4/c1-26-18-6-4-5-16(13-18)22(24(32)33)30-23(31)21(28-25(30)34)12-15-7-8-20-19(11-15)17(14-27-20)9-10-29(2)3/h4-8,11,13-14,21-22,26-27H,9-10,12H2,1-3H3,(H,28,34)(H,32,33). The first-order chi connectivity index (χ1) is 16.3. The molecule has 0 bridgehead atoms. The topological polar surface area (TPSA) is 118 Å². The fourth-order valence-corrected chi connectivity index (χ4v) is 4.34. The SMILES string of the molecule is CNc1cccc(C(C(=O)O)N2C(=O)NC(Cc3ccc4[nH]cc(CCN(C)C)c4c3)C2=O)c1. The normalized spacial score (nSPS) is 16.8. The van der Waals surface area contributed by atoms with Crippen LogP contribution in [0.2, 0.25) is 0 Å². The monoisotopic (exact) mass is 463 g/mol. The first-order valence-corrected chi connectivity index (χ1v) is 11.2. The summed E-state index contributed by atoms with van der Waals surface area (Å²) < 4.78 is 0. The number of aromatic amines is 1. The molecular formula is C25H29N5O4. The van der Waals surface area contributed by atoms with Gasteiger partial charge in [-0.3, -0.25) is 4.79 Å². The predicted molar refractivity (Wildman–Crippen MR) is 130 cm³/mol. The maximum atomic E-state index is 13.2. The van der Waals surface area contributed by atoms with Gasteiger partial charge in [0.2, 0.25) is 0 Å². The number of carbonyl (C=O) groups is 3. The summed E-state index contributed by atoms with van der Waals surface area (Å²) in [6.07, 6.45) is 3.16. The Hall–Kier alpha value is -3.85. The second kappa shape index (κ2) is 9.56. The molecule has 178 valence electrons. The van der Waals surface area contributed by atoms with E-state index in [1.165, 1.54) is 5.56 Å². The lowest BCUT2D eigenvalue weighted by molar-refractivity contribution is -0.147. The third-order valence-corrected chi connectivity index (χ3v) is 6.14. The number of rotatable bonds is 9. The van der Waals surface area contributed by atoms with Crippen LogP contribution in [0.15, 0.2) is 48.7 Å². The number of benzene rings is 2. The lowest BCUT2D eigenvalue weighted by atomic mass is 10.0. The molecule has 1 saturated heterocycles. The zero-order valence-corrected chi connectivity index (χ0v) is 19.5. The van der Waals surface area contributed by atoms with Crippen LogP contribution in [0.3, 0.4) is 0 Å². The van der Waals surface area contributed by atoms with Crippen LogP contribution in [0.5, 0.6) is 0 Å². The first-order valence-electron chi connectivity index (χ1n) is 11.2. The molecule has 2 heterocycles. The molecule has 9 nitrogen and oxygen atoms in total. The summed E-state index contributed by atoms with van der Waals surface area (Å²) in [6.45, 7) is 0.911. The smallest absolute Gasteiger partial charge is 0.331 e. The molecule has 4 rings (SSSR count). The Kier molecular flexibility index (Phi) is 6.56. The minimum atomic E-state index is -1.41. The maximum Gasteiger partial charge on any atom is 0.331 e. The van der Waals surface area contributed by atoms with Gasteiger partial charge in [0.15, 0.2) is 6.04 Å². The van der Waals surface area contributed by atoms with E-state index in [4.69, 9.17) is 0 Å². The third-order valence-electron chi connectivity index (χ3n) is 6.14. The largest absolute Gasteiger partial charge is 0.479 e. The Bertz CT molecular complexity index is 1240. The zero-order valence-electron chi connectivity index (χ0n) is 19.5. The molecule has 2 unspecified atom stereocenters. The number of aromatic nitrogens is 1. The summed E-state index contributed by atoms with van der Waals surface area (Å²) >= 11 is 0. The fourth-order valence-electron chi connectivity index (χ4n) is 4.34. The number of likely N-dealkylation sites (N-methyl/N-ethyl adjacent to an activating group) is 1. The Labute approximate surface area is 197 Å². The van der Waals surface area contributed by atoms with Crippen LogP contribution in [0.4, 0.5) is 10.5 Å². The van der Waals surface area contributed by atoms with Crippen molar-refractivity contribution in [2.75, 3.05) is 33.0 Å². The van der Waals surface area contributed by atoms with Crippen LogP contribution in [0, 0.1) is 0 Å². The molecule has 0 saturated carbocycles.